The van der Waals surface area contributed by atoms with E-state index in [-0.39, 0.29) is 18.4 Å². The molecule has 0 heterocycles. The van der Waals surface area contributed by atoms with Gasteiger partial charge in [0.15, 0.2) is 0 Å². The van der Waals surface area contributed by atoms with Gasteiger partial charge in [-0.15, -0.1) is 6.58 Å². The summed E-state index contributed by atoms with van der Waals surface area (Å²) in [5, 5.41) is 8.35. The molecule has 0 aliphatic rings. The van der Waals surface area contributed by atoms with Gasteiger partial charge in [-0.25, -0.2) is 0 Å². The smallest absolute Gasteiger partial charge is 0.251 e. The van der Waals surface area contributed by atoms with Crippen molar-refractivity contribution in [2.24, 2.45) is 0 Å². The first-order valence-electron chi connectivity index (χ1n) is 6.66. The maximum atomic E-state index is 11.9. The maximum Gasteiger partial charge on any atom is 0.251 e. The van der Waals surface area contributed by atoms with E-state index in [1.54, 1.807) is 37.5 Å². The fourth-order valence-electron chi connectivity index (χ4n) is 1.60. The fourth-order valence-corrected chi connectivity index (χ4v) is 1.60. The summed E-state index contributed by atoms with van der Waals surface area (Å²) >= 11 is 0. The summed E-state index contributed by atoms with van der Waals surface area (Å²) < 4.78 is 4.87. The van der Waals surface area contributed by atoms with Crippen LogP contribution >= 0.6 is 0 Å². The number of ether oxygens (including phenoxy) is 1. The highest BCUT2D eigenvalue weighted by atomic mass is 16.5. The SMILES string of the molecule is C=CCNCC(=O)Nc1cccc(C(=O)NCCOC)c1. The normalized spacial score (nSPS) is 9.95. The third-order valence-corrected chi connectivity index (χ3v) is 2.57. The van der Waals surface area contributed by atoms with Crippen molar-refractivity contribution >= 4 is 17.5 Å². The van der Waals surface area contributed by atoms with Crippen LogP contribution in [0.5, 0.6) is 0 Å². The molecule has 0 spiro atoms. The Labute approximate surface area is 124 Å². The van der Waals surface area contributed by atoms with Gasteiger partial charge >= 0.3 is 0 Å². The number of anilines is 1. The Morgan fingerprint density at radius 2 is 2.19 bits per heavy atom. The van der Waals surface area contributed by atoms with Gasteiger partial charge in [0.2, 0.25) is 5.91 Å². The minimum Gasteiger partial charge on any atom is -0.383 e. The predicted octanol–water partition coefficient (Wildman–Crippen LogP) is 0.777. The molecule has 1 aromatic carbocycles. The average Bonchev–Trinajstić information content (AvgIpc) is 2.48. The van der Waals surface area contributed by atoms with Crippen LogP contribution < -0.4 is 16.0 Å². The number of nitrogens with one attached hydrogen (secondary N) is 3. The van der Waals surface area contributed by atoms with Crippen molar-refractivity contribution in [1.82, 2.24) is 10.6 Å². The average molecular weight is 291 g/mol. The van der Waals surface area contributed by atoms with Crippen LogP contribution in [0.1, 0.15) is 10.4 Å². The Morgan fingerprint density at radius 3 is 2.90 bits per heavy atom. The number of methoxy groups -OCH3 is 1. The van der Waals surface area contributed by atoms with E-state index in [1.807, 2.05) is 0 Å². The van der Waals surface area contributed by atoms with E-state index in [1.165, 1.54) is 0 Å². The summed E-state index contributed by atoms with van der Waals surface area (Å²) in [7, 11) is 1.57. The van der Waals surface area contributed by atoms with E-state index in [0.717, 1.165) is 0 Å². The van der Waals surface area contributed by atoms with Gasteiger partial charge in [0.1, 0.15) is 0 Å². The van der Waals surface area contributed by atoms with Crippen LogP contribution in [0.15, 0.2) is 36.9 Å². The van der Waals surface area contributed by atoms with E-state index in [9.17, 15) is 9.59 Å². The van der Waals surface area contributed by atoms with Crippen molar-refractivity contribution in [3.63, 3.8) is 0 Å². The number of carbonyl (C=O) groups excluding carboxylic acids is 2. The number of amides is 2. The highest BCUT2D eigenvalue weighted by Crippen LogP contribution is 2.10. The maximum absolute atomic E-state index is 11.9. The Hall–Kier alpha value is -2.18. The molecule has 1 rings (SSSR count). The lowest BCUT2D eigenvalue weighted by molar-refractivity contribution is -0.115. The molecule has 3 N–H and O–H groups in total. The highest BCUT2D eigenvalue weighted by Gasteiger charge is 2.07. The zero-order valence-electron chi connectivity index (χ0n) is 12.1. The van der Waals surface area contributed by atoms with Crippen molar-refractivity contribution in [3.05, 3.63) is 42.5 Å². The molecule has 0 aliphatic heterocycles. The summed E-state index contributed by atoms with van der Waals surface area (Å²) in [4.78, 5) is 23.5. The van der Waals surface area contributed by atoms with E-state index in [0.29, 0.717) is 30.9 Å². The van der Waals surface area contributed by atoms with E-state index < -0.39 is 0 Å². The zero-order chi connectivity index (χ0) is 15.5. The van der Waals surface area contributed by atoms with Gasteiger partial charge in [-0.05, 0) is 18.2 Å². The third kappa shape index (κ3) is 6.69. The molecule has 114 valence electrons. The molecule has 21 heavy (non-hydrogen) atoms. The summed E-state index contributed by atoms with van der Waals surface area (Å²) in [6, 6.07) is 6.77. The molecule has 0 fully saturated rings. The predicted molar refractivity (Wildman–Crippen MR) is 82.3 cm³/mol. The lowest BCUT2D eigenvalue weighted by atomic mass is 10.2. The molecule has 0 saturated heterocycles. The second-order valence-corrected chi connectivity index (χ2v) is 4.30. The largest absolute Gasteiger partial charge is 0.383 e. The number of hydrogen-bond donors (Lipinski definition) is 3. The lowest BCUT2D eigenvalue weighted by Gasteiger charge is -2.08. The zero-order valence-corrected chi connectivity index (χ0v) is 12.1. The number of carbonyl (C=O) groups is 2. The van der Waals surface area contributed by atoms with E-state index in [4.69, 9.17) is 4.74 Å². The third-order valence-electron chi connectivity index (χ3n) is 2.57. The van der Waals surface area contributed by atoms with Gasteiger partial charge in [-0.3, -0.25) is 9.59 Å². The first kappa shape index (κ1) is 16.9. The Morgan fingerprint density at radius 1 is 1.38 bits per heavy atom. The van der Waals surface area contributed by atoms with Crippen LogP contribution in [0.4, 0.5) is 5.69 Å². The fraction of sp³-hybridized carbons (Fsp3) is 0.333. The molecule has 0 unspecified atom stereocenters. The van der Waals surface area contributed by atoms with Crippen LogP contribution in [-0.2, 0) is 9.53 Å². The number of benzene rings is 1. The Kier molecular flexibility index (Phi) is 7.78. The standard InChI is InChI=1S/C15H21N3O3/c1-3-7-16-11-14(19)18-13-6-4-5-12(10-13)15(20)17-8-9-21-2/h3-6,10,16H,1,7-9,11H2,2H3,(H,17,20)(H,18,19). The summed E-state index contributed by atoms with van der Waals surface area (Å²) in [5.41, 5.74) is 1.07. The molecule has 2 amide bonds. The molecular formula is C15H21N3O3. The number of rotatable bonds is 9. The molecule has 0 atom stereocenters. The quantitative estimate of drug-likeness (QED) is 0.464. The van der Waals surface area contributed by atoms with Crippen LogP contribution in [0.3, 0.4) is 0 Å². The molecule has 1 aromatic rings. The van der Waals surface area contributed by atoms with Gasteiger partial charge in [0, 0.05) is 31.5 Å². The monoisotopic (exact) mass is 291 g/mol. The van der Waals surface area contributed by atoms with E-state index in [2.05, 4.69) is 22.5 Å². The van der Waals surface area contributed by atoms with E-state index >= 15 is 0 Å². The molecule has 0 aliphatic carbocycles. The Bertz CT molecular complexity index is 489. The summed E-state index contributed by atoms with van der Waals surface area (Å²) in [6.07, 6.45) is 1.68. The van der Waals surface area contributed by atoms with Crippen LogP contribution in [-0.4, -0.2) is 45.2 Å². The molecule has 6 nitrogen and oxygen atoms in total. The van der Waals surface area contributed by atoms with Crippen LogP contribution in [0, 0.1) is 0 Å². The minimum atomic E-state index is -0.201. The van der Waals surface area contributed by atoms with Gasteiger partial charge in [0.25, 0.3) is 5.91 Å². The van der Waals surface area contributed by atoms with Crippen LogP contribution in [0.25, 0.3) is 0 Å². The molecule has 0 saturated carbocycles. The highest BCUT2D eigenvalue weighted by molar-refractivity contribution is 5.97. The second kappa shape index (κ2) is 9.68. The topological polar surface area (TPSA) is 79.5 Å². The first-order chi connectivity index (χ1) is 10.2. The van der Waals surface area contributed by atoms with Crippen molar-refractivity contribution in [2.45, 2.75) is 0 Å². The number of hydrogen-bond acceptors (Lipinski definition) is 4. The molecule has 0 bridgehead atoms. The lowest BCUT2D eigenvalue weighted by Crippen LogP contribution is -2.28. The summed E-state index contributed by atoms with van der Waals surface area (Å²) in [5.74, 6) is -0.373. The van der Waals surface area contributed by atoms with Crippen molar-refractivity contribution in [2.75, 3.05) is 38.7 Å². The minimum absolute atomic E-state index is 0.172. The molecule has 6 heteroatoms. The Balaban J connectivity index is 2.53. The molecule has 0 radical (unpaired) electrons. The van der Waals surface area contributed by atoms with Crippen molar-refractivity contribution in [1.29, 1.82) is 0 Å². The van der Waals surface area contributed by atoms with Gasteiger partial charge in [0.05, 0.1) is 13.2 Å². The summed E-state index contributed by atoms with van der Waals surface area (Å²) in [6.45, 7) is 5.21. The molecule has 0 aromatic heterocycles. The second-order valence-electron chi connectivity index (χ2n) is 4.30. The first-order valence-corrected chi connectivity index (χ1v) is 6.66. The van der Waals surface area contributed by atoms with Gasteiger partial charge < -0.3 is 20.7 Å². The molecular weight excluding hydrogens is 270 g/mol. The van der Waals surface area contributed by atoms with Gasteiger partial charge in [-0.2, -0.15) is 0 Å². The van der Waals surface area contributed by atoms with Crippen LogP contribution in [0.2, 0.25) is 0 Å². The van der Waals surface area contributed by atoms with Gasteiger partial charge in [-0.1, -0.05) is 12.1 Å². The van der Waals surface area contributed by atoms with Crippen molar-refractivity contribution in [3.8, 4) is 0 Å². The van der Waals surface area contributed by atoms with Crippen molar-refractivity contribution < 1.29 is 14.3 Å².